The number of hydrogen-bond acceptors (Lipinski definition) is 3. The second-order valence-electron chi connectivity index (χ2n) is 6.02. The fourth-order valence-corrected chi connectivity index (χ4v) is 2.10. The van der Waals surface area contributed by atoms with Gasteiger partial charge in [0.2, 0.25) is 5.91 Å². The first-order valence-corrected chi connectivity index (χ1v) is 7.56. The predicted octanol–water partition coefficient (Wildman–Crippen LogP) is 2.54. The molecule has 118 valence electrons. The van der Waals surface area contributed by atoms with E-state index < -0.39 is 0 Å². The Morgan fingerprint density at radius 1 is 1.29 bits per heavy atom. The lowest BCUT2D eigenvalue weighted by atomic mass is 9.88. The van der Waals surface area contributed by atoms with Crippen LogP contribution in [0.15, 0.2) is 24.3 Å². The highest BCUT2D eigenvalue weighted by atomic mass is 16.5. The first-order chi connectivity index (χ1) is 9.96. The van der Waals surface area contributed by atoms with Gasteiger partial charge in [0.05, 0.1) is 13.0 Å². The van der Waals surface area contributed by atoms with Gasteiger partial charge in [0.1, 0.15) is 5.75 Å². The van der Waals surface area contributed by atoms with Crippen LogP contribution in [0.2, 0.25) is 0 Å². The van der Waals surface area contributed by atoms with E-state index in [1.54, 1.807) is 0 Å². The Hall–Kier alpha value is -1.55. The average molecular weight is 293 g/mol. The summed E-state index contributed by atoms with van der Waals surface area (Å²) in [5.41, 5.74) is 0.987. The van der Waals surface area contributed by atoms with E-state index in [1.165, 1.54) is 0 Å². The molecule has 0 aliphatic carbocycles. The summed E-state index contributed by atoms with van der Waals surface area (Å²) in [4.78, 5) is 12.0. The van der Waals surface area contributed by atoms with E-state index in [-0.39, 0.29) is 17.9 Å². The third kappa shape index (κ3) is 7.14. The SMILES string of the molecule is CCOc1ccc(CC(=O)NCC(C)(C)CCCO)cc1. The molecule has 0 unspecified atom stereocenters. The summed E-state index contributed by atoms with van der Waals surface area (Å²) in [7, 11) is 0. The highest BCUT2D eigenvalue weighted by Crippen LogP contribution is 2.20. The quantitative estimate of drug-likeness (QED) is 0.735. The molecule has 0 atom stereocenters. The molecule has 0 aliphatic rings. The third-order valence-corrected chi connectivity index (χ3v) is 3.37. The maximum absolute atomic E-state index is 12.0. The molecule has 1 rings (SSSR count). The van der Waals surface area contributed by atoms with E-state index in [4.69, 9.17) is 9.84 Å². The van der Waals surface area contributed by atoms with Crippen LogP contribution in [0.3, 0.4) is 0 Å². The summed E-state index contributed by atoms with van der Waals surface area (Å²) in [6.45, 7) is 7.61. The van der Waals surface area contributed by atoms with E-state index in [2.05, 4.69) is 19.2 Å². The Balaban J connectivity index is 2.39. The van der Waals surface area contributed by atoms with Gasteiger partial charge in [-0.2, -0.15) is 0 Å². The number of aliphatic hydroxyl groups excluding tert-OH is 1. The van der Waals surface area contributed by atoms with Crippen LogP contribution in [-0.4, -0.2) is 30.8 Å². The van der Waals surface area contributed by atoms with Gasteiger partial charge in [0, 0.05) is 13.2 Å². The number of aliphatic hydroxyl groups is 1. The van der Waals surface area contributed by atoms with E-state index in [0.717, 1.165) is 24.2 Å². The monoisotopic (exact) mass is 293 g/mol. The molecule has 0 aliphatic heterocycles. The highest BCUT2D eigenvalue weighted by Gasteiger charge is 2.18. The molecule has 4 heteroatoms. The van der Waals surface area contributed by atoms with Crippen LogP contribution in [0, 0.1) is 5.41 Å². The first kappa shape index (κ1) is 17.5. The number of carbonyl (C=O) groups is 1. The summed E-state index contributed by atoms with van der Waals surface area (Å²) in [5.74, 6) is 0.850. The molecule has 21 heavy (non-hydrogen) atoms. The van der Waals surface area contributed by atoms with E-state index in [1.807, 2.05) is 31.2 Å². The lowest BCUT2D eigenvalue weighted by Crippen LogP contribution is -2.35. The molecular formula is C17H27NO3. The lowest BCUT2D eigenvalue weighted by Gasteiger charge is -2.24. The number of amides is 1. The largest absolute Gasteiger partial charge is 0.494 e. The molecule has 0 fully saturated rings. The van der Waals surface area contributed by atoms with E-state index in [9.17, 15) is 4.79 Å². The van der Waals surface area contributed by atoms with Crippen molar-refractivity contribution >= 4 is 5.91 Å². The first-order valence-electron chi connectivity index (χ1n) is 7.56. The van der Waals surface area contributed by atoms with Gasteiger partial charge >= 0.3 is 0 Å². The Bertz CT molecular complexity index is 426. The smallest absolute Gasteiger partial charge is 0.224 e. The van der Waals surface area contributed by atoms with Gasteiger partial charge in [0.15, 0.2) is 0 Å². The standard InChI is InChI=1S/C17H27NO3/c1-4-21-15-8-6-14(7-9-15)12-16(20)18-13-17(2,3)10-5-11-19/h6-9,19H,4-5,10-13H2,1-3H3,(H,18,20). The Labute approximate surface area is 127 Å². The minimum Gasteiger partial charge on any atom is -0.494 e. The fraction of sp³-hybridized carbons (Fsp3) is 0.588. The molecule has 0 heterocycles. The van der Waals surface area contributed by atoms with Crippen molar-refractivity contribution in [1.29, 1.82) is 0 Å². The van der Waals surface area contributed by atoms with Crippen molar-refractivity contribution in [2.24, 2.45) is 5.41 Å². The molecule has 4 nitrogen and oxygen atoms in total. The van der Waals surface area contributed by atoms with Crippen LogP contribution in [0.1, 0.15) is 39.2 Å². The Morgan fingerprint density at radius 3 is 2.52 bits per heavy atom. The Morgan fingerprint density at radius 2 is 1.95 bits per heavy atom. The molecule has 0 radical (unpaired) electrons. The highest BCUT2D eigenvalue weighted by molar-refractivity contribution is 5.78. The van der Waals surface area contributed by atoms with Gasteiger partial charge in [0.25, 0.3) is 0 Å². The molecule has 1 aromatic rings. The molecule has 1 aromatic carbocycles. The van der Waals surface area contributed by atoms with Gasteiger partial charge in [-0.3, -0.25) is 4.79 Å². The number of hydrogen-bond donors (Lipinski definition) is 2. The van der Waals surface area contributed by atoms with Crippen LogP contribution in [0.25, 0.3) is 0 Å². The lowest BCUT2D eigenvalue weighted by molar-refractivity contribution is -0.120. The van der Waals surface area contributed by atoms with Crippen molar-refractivity contribution in [2.75, 3.05) is 19.8 Å². The normalized spacial score (nSPS) is 11.2. The topological polar surface area (TPSA) is 58.6 Å². The minimum atomic E-state index is 0.0111. The van der Waals surface area contributed by atoms with Crippen LogP contribution >= 0.6 is 0 Å². The van der Waals surface area contributed by atoms with Gasteiger partial charge < -0.3 is 15.2 Å². The summed E-state index contributed by atoms with van der Waals surface area (Å²) < 4.78 is 5.37. The zero-order valence-corrected chi connectivity index (χ0v) is 13.3. The molecule has 0 spiro atoms. The molecule has 0 saturated heterocycles. The average Bonchev–Trinajstić information content (AvgIpc) is 2.46. The number of carbonyl (C=O) groups excluding carboxylic acids is 1. The Kier molecular flexibility index (Phi) is 7.23. The van der Waals surface area contributed by atoms with Crippen molar-refractivity contribution in [3.63, 3.8) is 0 Å². The van der Waals surface area contributed by atoms with Crippen molar-refractivity contribution in [3.05, 3.63) is 29.8 Å². The predicted molar refractivity (Wildman–Crippen MR) is 84.4 cm³/mol. The van der Waals surface area contributed by atoms with Crippen molar-refractivity contribution in [2.45, 2.75) is 40.0 Å². The van der Waals surface area contributed by atoms with Crippen molar-refractivity contribution < 1.29 is 14.6 Å². The second-order valence-corrected chi connectivity index (χ2v) is 6.02. The van der Waals surface area contributed by atoms with Gasteiger partial charge in [-0.05, 0) is 42.9 Å². The maximum Gasteiger partial charge on any atom is 0.224 e. The fourth-order valence-electron chi connectivity index (χ4n) is 2.10. The minimum absolute atomic E-state index is 0.0111. The van der Waals surface area contributed by atoms with Crippen molar-refractivity contribution in [1.82, 2.24) is 5.32 Å². The summed E-state index contributed by atoms with van der Waals surface area (Å²) in [6.07, 6.45) is 2.04. The summed E-state index contributed by atoms with van der Waals surface area (Å²) in [5, 5.41) is 11.8. The number of nitrogens with one attached hydrogen (secondary N) is 1. The van der Waals surface area contributed by atoms with Crippen LogP contribution in [-0.2, 0) is 11.2 Å². The molecular weight excluding hydrogens is 266 g/mol. The molecule has 0 bridgehead atoms. The molecule has 2 N–H and O–H groups in total. The molecule has 0 aromatic heterocycles. The second kappa shape index (κ2) is 8.67. The zero-order valence-electron chi connectivity index (χ0n) is 13.3. The van der Waals surface area contributed by atoms with Crippen LogP contribution < -0.4 is 10.1 Å². The third-order valence-electron chi connectivity index (χ3n) is 3.37. The number of benzene rings is 1. The maximum atomic E-state index is 12.0. The zero-order chi connectivity index (χ0) is 15.7. The van der Waals surface area contributed by atoms with E-state index >= 15 is 0 Å². The summed E-state index contributed by atoms with van der Waals surface area (Å²) in [6, 6.07) is 7.61. The van der Waals surface area contributed by atoms with Crippen LogP contribution in [0.4, 0.5) is 0 Å². The van der Waals surface area contributed by atoms with Gasteiger partial charge in [-0.15, -0.1) is 0 Å². The van der Waals surface area contributed by atoms with Crippen LogP contribution in [0.5, 0.6) is 5.75 Å². The molecule has 0 saturated carbocycles. The number of ether oxygens (including phenoxy) is 1. The van der Waals surface area contributed by atoms with Crippen molar-refractivity contribution in [3.8, 4) is 5.75 Å². The van der Waals surface area contributed by atoms with Gasteiger partial charge in [-0.25, -0.2) is 0 Å². The summed E-state index contributed by atoms with van der Waals surface area (Å²) >= 11 is 0. The van der Waals surface area contributed by atoms with Gasteiger partial charge in [-0.1, -0.05) is 26.0 Å². The number of rotatable bonds is 9. The van der Waals surface area contributed by atoms with E-state index in [0.29, 0.717) is 19.6 Å². The molecule has 1 amide bonds.